The summed E-state index contributed by atoms with van der Waals surface area (Å²) in [5, 5.41) is 2.76. The smallest absolute Gasteiger partial charge is 0.437 e. The van der Waals surface area contributed by atoms with Crippen LogP contribution >= 0.6 is 0 Å². The van der Waals surface area contributed by atoms with E-state index in [-0.39, 0.29) is 0 Å². The molecule has 0 spiro atoms. The Labute approximate surface area is 133 Å². The number of oxime groups is 1. The normalized spacial score (nSPS) is 13.1. The second-order valence-electron chi connectivity index (χ2n) is 4.83. The molecule has 0 fully saturated rings. The molecule has 0 saturated heterocycles. The predicted octanol–water partition coefficient (Wildman–Crippen LogP) is 3.94. The molecule has 10 heteroatoms. The number of hydrogen-bond acceptors (Lipinski definition) is 4. The Balaban J connectivity index is 3.03. The van der Waals surface area contributed by atoms with Crippen molar-refractivity contribution >= 4 is 11.7 Å². The Morgan fingerprint density at radius 1 is 1.17 bits per heavy atom. The number of benzene rings is 1. The Bertz CT molecular complexity index is 607. The Hall–Kier alpha value is -2.26. The number of ether oxygens (including phenoxy) is 1. The first-order valence-electron chi connectivity index (χ1n) is 6.55. The minimum absolute atomic E-state index is 0.294. The lowest BCUT2D eigenvalue weighted by Gasteiger charge is -2.13. The molecule has 134 valence electrons. The van der Waals surface area contributed by atoms with Gasteiger partial charge in [0.15, 0.2) is 5.71 Å². The van der Waals surface area contributed by atoms with Gasteiger partial charge in [-0.15, -0.1) is 0 Å². The van der Waals surface area contributed by atoms with E-state index in [1.54, 1.807) is 0 Å². The fourth-order valence-corrected chi connectivity index (χ4v) is 1.56. The quantitative estimate of drug-likeness (QED) is 0.347. The molecule has 0 atom stereocenters. The molecule has 0 radical (unpaired) electrons. The van der Waals surface area contributed by atoms with Crippen molar-refractivity contribution in [3.8, 4) is 0 Å². The van der Waals surface area contributed by atoms with Crippen LogP contribution in [-0.4, -0.2) is 30.6 Å². The van der Waals surface area contributed by atoms with Crippen molar-refractivity contribution < 1.29 is 40.7 Å². The zero-order valence-corrected chi connectivity index (χ0v) is 12.5. The van der Waals surface area contributed by atoms with Crippen molar-refractivity contribution in [2.45, 2.75) is 32.3 Å². The molecule has 0 amide bonds. The summed E-state index contributed by atoms with van der Waals surface area (Å²) in [6, 6.07) is 2.53. The van der Waals surface area contributed by atoms with Crippen LogP contribution in [0.2, 0.25) is 0 Å². The molecule has 24 heavy (non-hydrogen) atoms. The van der Waals surface area contributed by atoms with Gasteiger partial charge in [0, 0.05) is 5.56 Å². The maximum atomic E-state index is 13.0. The topological polar surface area (TPSA) is 47.9 Å². The summed E-state index contributed by atoms with van der Waals surface area (Å²) in [4.78, 5) is 15.4. The van der Waals surface area contributed by atoms with Crippen LogP contribution in [0.25, 0.3) is 0 Å². The molecule has 1 aromatic carbocycles. The minimum Gasteiger partial charge on any atom is -0.460 e. The molecule has 0 aromatic heterocycles. The number of esters is 1. The van der Waals surface area contributed by atoms with Gasteiger partial charge in [-0.1, -0.05) is 17.3 Å². The summed E-state index contributed by atoms with van der Waals surface area (Å²) in [6.45, 7) is 2.13. The van der Waals surface area contributed by atoms with Crippen LogP contribution in [-0.2, 0) is 20.5 Å². The van der Waals surface area contributed by atoms with Crippen LogP contribution in [0, 0.1) is 0 Å². The van der Waals surface area contributed by atoms with E-state index in [4.69, 9.17) is 0 Å². The minimum atomic E-state index is -5.08. The second-order valence-corrected chi connectivity index (χ2v) is 4.83. The number of nitrogens with zero attached hydrogens (tertiary/aromatic N) is 1. The third kappa shape index (κ3) is 6.09. The lowest BCUT2D eigenvalue weighted by Crippen LogP contribution is -2.25. The van der Waals surface area contributed by atoms with Gasteiger partial charge in [0.05, 0.1) is 11.7 Å². The predicted molar refractivity (Wildman–Crippen MR) is 71.2 cm³/mol. The van der Waals surface area contributed by atoms with Gasteiger partial charge in [0.2, 0.25) is 6.61 Å². The summed E-state index contributed by atoms with van der Waals surface area (Å²) in [5.74, 6) is -0.959. The molecule has 0 N–H and O–H groups in total. The molecule has 0 heterocycles. The summed E-state index contributed by atoms with van der Waals surface area (Å²) < 4.78 is 81.3. The van der Waals surface area contributed by atoms with E-state index >= 15 is 0 Å². The van der Waals surface area contributed by atoms with Crippen LogP contribution in [0.1, 0.15) is 25.0 Å². The van der Waals surface area contributed by atoms with Crippen molar-refractivity contribution in [3.63, 3.8) is 0 Å². The molecule has 1 aromatic rings. The van der Waals surface area contributed by atoms with Crippen LogP contribution in [0.4, 0.5) is 26.3 Å². The van der Waals surface area contributed by atoms with Gasteiger partial charge in [-0.05, 0) is 26.0 Å². The number of halogens is 6. The van der Waals surface area contributed by atoms with Gasteiger partial charge in [0.25, 0.3) is 0 Å². The number of rotatable bonds is 5. The van der Waals surface area contributed by atoms with Crippen LogP contribution in [0.5, 0.6) is 0 Å². The van der Waals surface area contributed by atoms with Crippen LogP contribution in [0.3, 0.4) is 0 Å². The monoisotopic (exact) mass is 357 g/mol. The highest BCUT2D eigenvalue weighted by molar-refractivity contribution is 6.04. The van der Waals surface area contributed by atoms with E-state index in [0.29, 0.717) is 12.1 Å². The number of carbonyl (C=O) groups is 1. The standard InChI is InChI=1S/C14H13F6NO3/c1-8(2)24-11(22)7-23-21-12(14(18,19)20)9-4-3-5-10(6-9)13(15,16)17/h3-6,8H,7H2,1-2H3. The second kappa shape index (κ2) is 7.54. The Morgan fingerprint density at radius 3 is 2.29 bits per heavy atom. The molecule has 0 aliphatic heterocycles. The molecule has 0 bridgehead atoms. The molecule has 4 nitrogen and oxygen atoms in total. The van der Waals surface area contributed by atoms with Crippen molar-refractivity contribution in [1.82, 2.24) is 0 Å². The van der Waals surface area contributed by atoms with E-state index in [0.717, 1.165) is 12.1 Å². The zero-order chi connectivity index (χ0) is 18.5. The highest BCUT2D eigenvalue weighted by Gasteiger charge is 2.39. The highest BCUT2D eigenvalue weighted by Crippen LogP contribution is 2.31. The lowest BCUT2D eigenvalue weighted by molar-refractivity contribution is -0.153. The Kier molecular flexibility index (Phi) is 6.22. The first kappa shape index (κ1) is 19.8. The lowest BCUT2D eigenvalue weighted by atomic mass is 10.1. The molecule has 0 aliphatic rings. The summed E-state index contributed by atoms with van der Waals surface area (Å²) in [6.07, 6.45) is -10.4. The van der Waals surface area contributed by atoms with Crippen LogP contribution in [0.15, 0.2) is 29.4 Å². The molecular weight excluding hydrogens is 344 g/mol. The summed E-state index contributed by atoms with van der Waals surface area (Å²) >= 11 is 0. The van der Waals surface area contributed by atoms with Gasteiger partial charge < -0.3 is 9.57 Å². The van der Waals surface area contributed by atoms with Crippen molar-refractivity contribution in [3.05, 3.63) is 35.4 Å². The van der Waals surface area contributed by atoms with Gasteiger partial charge in [0.1, 0.15) is 0 Å². The number of carbonyl (C=O) groups excluding carboxylic acids is 1. The van der Waals surface area contributed by atoms with E-state index in [1.807, 2.05) is 0 Å². The molecule has 0 aliphatic carbocycles. The number of hydrogen-bond donors (Lipinski definition) is 0. The molecular formula is C14H13F6NO3. The number of alkyl halides is 6. The zero-order valence-electron chi connectivity index (χ0n) is 12.5. The van der Waals surface area contributed by atoms with Gasteiger partial charge in [-0.25, -0.2) is 4.79 Å². The summed E-state index contributed by atoms with van der Waals surface area (Å²) in [5.41, 5.74) is -3.79. The molecule has 1 rings (SSSR count). The maximum absolute atomic E-state index is 13.0. The van der Waals surface area contributed by atoms with E-state index in [1.165, 1.54) is 13.8 Å². The average molecular weight is 357 g/mol. The Morgan fingerprint density at radius 2 is 1.79 bits per heavy atom. The highest BCUT2D eigenvalue weighted by atomic mass is 19.4. The third-order valence-electron chi connectivity index (χ3n) is 2.44. The van der Waals surface area contributed by atoms with Crippen molar-refractivity contribution in [2.24, 2.45) is 5.16 Å². The fourth-order valence-electron chi connectivity index (χ4n) is 1.56. The van der Waals surface area contributed by atoms with Crippen LogP contribution < -0.4 is 0 Å². The van der Waals surface area contributed by atoms with E-state index in [2.05, 4.69) is 14.7 Å². The van der Waals surface area contributed by atoms with Crippen molar-refractivity contribution in [1.29, 1.82) is 0 Å². The first-order chi connectivity index (χ1) is 10.9. The summed E-state index contributed by atoms with van der Waals surface area (Å²) in [7, 11) is 0. The average Bonchev–Trinajstić information content (AvgIpc) is 2.40. The maximum Gasteiger partial charge on any atom is 0.437 e. The third-order valence-corrected chi connectivity index (χ3v) is 2.44. The molecule has 0 unspecified atom stereocenters. The first-order valence-corrected chi connectivity index (χ1v) is 6.55. The fraction of sp³-hybridized carbons (Fsp3) is 0.429. The van der Waals surface area contributed by atoms with E-state index in [9.17, 15) is 31.1 Å². The molecule has 0 saturated carbocycles. The van der Waals surface area contributed by atoms with Gasteiger partial charge in [-0.2, -0.15) is 26.3 Å². The van der Waals surface area contributed by atoms with Gasteiger partial charge >= 0.3 is 18.3 Å². The largest absolute Gasteiger partial charge is 0.460 e. The SMILES string of the molecule is CC(C)OC(=O)CON=C(c1cccc(C(F)(F)F)c1)C(F)(F)F. The van der Waals surface area contributed by atoms with E-state index < -0.39 is 47.9 Å². The van der Waals surface area contributed by atoms with Crippen molar-refractivity contribution in [2.75, 3.05) is 6.61 Å². The van der Waals surface area contributed by atoms with Gasteiger partial charge in [-0.3, -0.25) is 0 Å².